The molecule has 0 unspecified atom stereocenters. The summed E-state index contributed by atoms with van der Waals surface area (Å²) in [4.78, 5) is 31.5. The molecule has 0 radical (unpaired) electrons. The second-order valence-electron chi connectivity index (χ2n) is 8.53. The van der Waals surface area contributed by atoms with E-state index in [1.807, 2.05) is 29.3 Å². The summed E-state index contributed by atoms with van der Waals surface area (Å²) in [6.07, 6.45) is 5.57. The van der Waals surface area contributed by atoms with Crippen LogP contribution in [0.2, 0.25) is 10.0 Å². The Morgan fingerprint density at radius 2 is 1.85 bits per heavy atom. The Morgan fingerprint density at radius 3 is 2.65 bits per heavy atom. The number of amides is 1. The molecule has 1 amide bonds. The smallest absolute Gasteiger partial charge is 0.272 e. The van der Waals surface area contributed by atoms with Gasteiger partial charge in [-0.1, -0.05) is 41.4 Å². The largest absolute Gasteiger partial charge is 0.342 e. The predicted molar refractivity (Wildman–Crippen MR) is 132 cm³/mol. The van der Waals surface area contributed by atoms with E-state index >= 15 is 0 Å². The van der Waals surface area contributed by atoms with Crippen molar-refractivity contribution in [3.05, 3.63) is 92.3 Å². The van der Waals surface area contributed by atoms with Gasteiger partial charge in [-0.2, -0.15) is 5.10 Å². The minimum Gasteiger partial charge on any atom is -0.342 e. The lowest BCUT2D eigenvalue weighted by Gasteiger charge is -2.32. The highest BCUT2D eigenvalue weighted by Crippen LogP contribution is 2.29. The number of likely N-dealkylation sites (tertiary alicyclic amines) is 1. The molecular formula is C25H23Cl2N5O2. The molecule has 1 aliphatic heterocycles. The molecule has 0 bridgehead atoms. The number of hydrogen-bond donors (Lipinski definition) is 1. The van der Waals surface area contributed by atoms with Crippen LogP contribution in [0.25, 0.3) is 10.8 Å². The molecule has 2 aromatic heterocycles. The maximum Gasteiger partial charge on any atom is 0.272 e. The average Bonchev–Trinajstić information content (AvgIpc) is 3.31. The van der Waals surface area contributed by atoms with Crippen molar-refractivity contribution in [2.45, 2.75) is 31.7 Å². The maximum absolute atomic E-state index is 13.0. The molecule has 2 aromatic carbocycles. The van der Waals surface area contributed by atoms with E-state index in [2.05, 4.69) is 19.7 Å². The Labute approximate surface area is 206 Å². The zero-order valence-corrected chi connectivity index (χ0v) is 19.9. The van der Waals surface area contributed by atoms with E-state index in [1.54, 1.807) is 30.5 Å². The molecule has 4 aromatic rings. The standard InChI is InChI=1S/C25H23Cl2N5O2/c26-18-5-6-21(27)17(13-18)15-32-12-9-28-24(32)16-7-10-31(11-8-16)23(33)14-22-19-3-1-2-4-20(19)25(34)30-29-22/h1-6,9,12-13,16H,7-8,10-11,14-15H2,(H,30,34). The minimum absolute atomic E-state index is 0.0113. The van der Waals surface area contributed by atoms with Crippen LogP contribution in [0.1, 0.15) is 35.8 Å². The molecule has 0 spiro atoms. The Hall–Kier alpha value is -3.16. The number of halogens is 2. The van der Waals surface area contributed by atoms with Gasteiger partial charge in [0.2, 0.25) is 5.91 Å². The van der Waals surface area contributed by atoms with Gasteiger partial charge in [-0.05, 0) is 42.7 Å². The third-order valence-electron chi connectivity index (χ3n) is 6.40. The lowest BCUT2D eigenvalue weighted by molar-refractivity contribution is -0.131. The number of rotatable bonds is 5. The van der Waals surface area contributed by atoms with Crippen molar-refractivity contribution in [3.8, 4) is 0 Å². The van der Waals surface area contributed by atoms with E-state index in [1.165, 1.54) is 0 Å². The van der Waals surface area contributed by atoms with Crippen LogP contribution in [0.4, 0.5) is 0 Å². The predicted octanol–water partition coefficient (Wildman–Crippen LogP) is 4.42. The highest BCUT2D eigenvalue weighted by molar-refractivity contribution is 6.33. The first-order chi connectivity index (χ1) is 16.5. The number of nitrogens with zero attached hydrogens (tertiary/aromatic N) is 4. The number of imidazole rings is 1. The lowest BCUT2D eigenvalue weighted by Crippen LogP contribution is -2.39. The number of aromatic amines is 1. The highest BCUT2D eigenvalue weighted by Gasteiger charge is 2.27. The van der Waals surface area contributed by atoms with Crippen molar-refractivity contribution in [3.63, 3.8) is 0 Å². The molecule has 0 aliphatic carbocycles. The molecular weight excluding hydrogens is 473 g/mol. The van der Waals surface area contributed by atoms with Crippen LogP contribution in [0, 0.1) is 0 Å². The van der Waals surface area contributed by atoms with E-state index in [4.69, 9.17) is 23.2 Å². The van der Waals surface area contributed by atoms with Crippen molar-refractivity contribution in [1.82, 2.24) is 24.6 Å². The first-order valence-corrected chi connectivity index (χ1v) is 11.9. The fourth-order valence-electron chi connectivity index (χ4n) is 4.61. The number of H-pyrrole nitrogens is 1. The number of benzene rings is 2. The fourth-order valence-corrected chi connectivity index (χ4v) is 4.98. The van der Waals surface area contributed by atoms with E-state index in [9.17, 15) is 9.59 Å². The van der Waals surface area contributed by atoms with E-state index < -0.39 is 0 Å². The van der Waals surface area contributed by atoms with E-state index in [0.717, 1.165) is 29.6 Å². The van der Waals surface area contributed by atoms with Gasteiger partial charge in [0.25, 0.3) is 5.56 Å². The summed E-state index contributed by atoms with van der Waals surface area (Å²) in [6, 6.07) is 12.7. The second-order valence-corrected chi connectivity index (χ2v) is 9.37. The van der Waals surface area contributed by atoms with Crippen LogP contribution < -0.4 is 5.56 Å². The molecule has 1 fully saturated rings. The number of aromatic nitrogens is 4. The number of carbonyl (C=O) groups excluding carboxylic acids is 1. The van der Waals surface area contributed by atoms with Gasteiger partial charge in [-0.25, -0.2) is 10.1 Å². The normalized spacial score (nSPS) is 14.6. The third-order valence-corrected chi connectivity index (χ3v) is 7.01. The van der Waals surface area contributed by atoms with Crippen molar-refractivity contribution >= 4 is 39.9 Å². The summed E-state index contributed by atoms with van der Waals surface area (Å²) >= 11 is 12.5. The SMILES string of the molecule is O=C(Cc1n[nH]c(=O)c2ccccc12)N1CCC(c2nccn2Cc2cc(Cl)ccc2Cl)CC1. The van der Waals surface area contributed by atoms with E-state index in [-0.39, 0.29) is 23.8 Å². The Morgan fingerprint density at radius 1 is 1.09 bits per heavy atom. The molecule has 1 N–H and O–H groups in total. The number of piperidine rings is 1. The van der Waals surface area contributed by atoms with Gasteiger partial charge in [-0.3, -0.25) is 9.59 Å². The van der Waals surface area contributed by atoms with Crippen LogP contribution in [-0.2, 0) is 17.8 Å². The molecule has 9 heteroatoms. The van der Waals surface area contributed by atoms with Gasteiger partial charge in [0.1, 0.15) is 5.82 Å². The molecule has 5 rings (SSSR count). The van der Waals surface area contributed by atoms with Gasteiger partial charge < -0.3 is 9.47 Å². The van der Waals surface area contributed by atoms with Crippen molar-refractivity contribution in [2.75, 3.05) is 13.1 Å². The van der Waals surface area contributed by atoms with E-state index in [0.29, 0.717) is 40.8 Å². The average molecular weight is 496 g/mol. The maximum atomic E-state index is 13.0. The molecule has 34 heavy (non-hydrogen) atoms. The molecule has 174 valence electrons. The molecule has 7 nitrogen and oxygen atoms in total. The first kappa shape index (κ1) is 22.6. The van der Waals surface area contributed by atoms with Crippen LogP contribution in [0.5, 0.6) is 0 Å². The zero-order chi connectivity index (χ0) is 23.7. The summed E-state index contributed by atoms with van der Waals surface area (Å²) < 4.78 is 2.11. The van der Waals surface area contributed by atoms with Gasteiger partial charge in [-0.15, -0.1) is 0 Å². The van der Waals surface area contributed by atoms with Crippen LogP contribution in [0.15, 0.2) is 59.7 Å². The van der Waals surface area contributed by atoms with Gasteiger partial charge in [0.05, 0.1) is 24.0 Å². The molecule has 0 atom stereocenters. The van der Waals surface area contributed by atoms with Crippen molar-refractivity contribution < 1.29 is 4.79 Å². The number of carbonyl (C=O) groups is 1. The quantitative estimate of drug-likeness (QED) is 0.443. The lowest BCUT2D eigenvalue weighted by atomic mass is 9.95. The summed E-state index contributed by atoms with van der Waals surface area (Å²) in [6.45, 7) is 1.89. The summed E-state index contributed by atoms with van der Waals surface area (Å²) in [5.74, 6) is 1.26. The number of fused-ring (bicyclic) bond motifs is 1. The molecule has 1 aliphatic rings. The second kappa shape index (κ2) is 9.60. The summed E-state index contributed by atoms with van der Waals surface area (Å²) in [5, 5.41) is 9.24. The minimum atomic E-state index is -0.248. The number of nitrogens with one attached hydrogen (secondary N) is 1. The van der Waals surface area contributed by atoms with Gasteiger partial charge in [0, 0.05) is 46.8 Å². The van der Waals surface area contributed by atoms with Crippen molar-refractivity contribution in [1.29, 1.82) is 0 Å². The molecule has 3 heterocycles. The zero-order valence-electron chi connectivity index (χ0n) is 18.4. The first-order valence-electron chi connectivity index (χ1n) is 11.2. The van der Waals surface area contributed by atoms with Gasteiger partial charge >= 0.3 is 0 Å². The monoisotopic (exact) mass is 495 g/mol. The van der Waals surface area contributed by atoms with Crippen LogP contribution in [-0.4, -0.2) is 43.6 Å². The Kier molecular flexibility index (Phi) is 6.39. The van der Waals surface area contributed by atoms with Gasteiger partial charge in [0.15, 0.2) is 0 Å². The van der Waals surface area contributed by atoms with Crippen molar-refractivity contribution in [2.24, 2.45) is 0 Å². The topological polar surface area (TPSA) is 83.9 Å². The van der Waals surface area contributed by atoms with Crippen LogP contribution >= 0.6 is 23.2 Å². The summed E-state index contributed by atoms with van der Waals surface area (Å²) in [5.41, 5.74) is 1.29. The number of hydrogen-bond acceptors (Lipinski definition) is 4. The van der Waals surface area contributed by atoms with Crippen LogP contribution in [0.3, 0.4) is 0 Å². The Balaban J connectivity index is 1.25. The molecule has 1 saturated heterocycles. The summed E-state index contributed by atoms with van der Waals surface area (Å²) in [7, 11) is 0. The fraction of sp³-hybridized carbons (Fsp3) is 0.280. The highest BCUT2D eigenvalue weighted by atomic mass is 35.5. The Bertz CT molecular complexity index is 1410. The third kappa shape index (κ3) is 4.58. The molecule has 0 saturated carbocycles.